The molecule has 0 unspecified atom stereocenters. The van der Waals surface area contributed by atoms with E-state index in [0.29, 0.717) is 11.4 Å². The van der Waals surface area contributed by atoms with Crippen molar-refractivity contribution in [3.05, 3.63) is 68.6 Å². The molecule has 1 saturated heterocycles. The van der Waals surface area contributed by atoms with Crippen molar-refractivity contribution in [2.45, 2.75) is 31.5 Å². The number of aryl methyl sites for hydroxylation is 1. The molecule has 150 valence electrons. The number of aliphatic hydroxyl groups excluding tert-OH is 2. The zero-order valence-electron chi connectivity index (χ0n) is 14.7. The second kappa shape index (κ2) is 7.59. The molecular weight excluding hydrogens is 391 g/mol. The number of aliphatic hydroxyl groups is 2. The first-order chi connectivity index (χ1) is 13.1. The number of benzene rings is 1. The van der Waals surface area contributed by atoms with E-state index in [4.69, 9.17) is 14.5 Å². The number of H-pyrrole nitrogens is 1. The van der Waals surface area contributed by atoms with Crippen LogP contribution in [0.2, 0.25) is 0 Å². The normalized spacial score (nSPS) is 25.5. The highest BCUT2D eigenvalue weighted by molar-refractivity contribution is 7.55. The maximum atomic E-state index is 12.5. The minimum Gasteiger partial charge on any atom is -0.387 e. The SMILES string of the molecule is Cc1cccc(-c2cc(=O)[nH]c(=O)n2[C@@H]2O[C@H](/C=C/P(=O)(O)O)[C@@H](O)[C@H]2O)c1. The van der Waals surface area contributed by atoms with Gasteiger partial charge in [-0.05, 0) is 24.6 Å². The largest absolute Gasteiger partial charge is 0.387 e. The molecule has 3 rings (SSSR count). The molecule has 0 saturated carbocycles. The van der Waals surface area contributed by atoms with Crippen LogP contribution in [-0.2, 0) is 9.30 Å². The Morgan fingerprint density at radius 2 is 1.89 bits per heavy atom. The minimum atomic E-state index is -4.50. The van der Waals surface area contributed by atoms with E-state index in [9.17, 15) is 24.4 Å². The predicted octanol–water partition coefficient (Wildman–Crippen LogP) is -0.177. The van der Waals surface area contributed by atoms with Gasteiger partial charge in [-0.25, -0.2) is 4.79 Å². The first kappa shape index (κ1) is 20.4. The van der Waals surface area contributed by atoms with Crippen LogP contribution in [0.4, 0.5) is 0 Å². The third-order valence-corrected chi connectivity index (χ3v) is 4.85. The number of nitrogens with zero attached hydrogens (tertiary/aromatic N) is 1. The Morgan fingerprint density at radius 3 is 2.54 bits per heavy atom. The molecule has 5 N–H and O–H groups in total. The summed E-state index contributed by atoms with van der Waals surface area (Å²) >= 11 is 0. The lowest BCUT2D eigenvalue weighted by atomic mass is 10.1. The average Bonchev–Trinajstić information content (AvgIpc) is 2.87. The van der Waals surface area contributed by atoms with Crippen molar-refractivity contribution < 1.29 is 29.3 Å². The summed E-state index contributed by atoms with van der Waals surface area (Å²) in [5.41, 5.74) is 0.0341. The molecule has 0 bridgehead atoms. The lowest BCUT2D eigenvalue weighted by molar-refractivity contribution is -0.0285. The van der Waals surface area contributed by atoms with Crippen LogP contribution in [-0.4, -0.2) is 47.9 Å². The van der Waals surface area contributed by atoms with Crippen LogP contribution in [0, 0.1) is 6.92 Å². The summed E-state index contributed by atoms with van der Waals surface area (Å²) in [6.07, 6.45) is -4.86. The molecule has 1 aliphatic heterocycles. The smallest absolute Gasteiger partial charge is 0.348 e. The zero-order valence-corrected chi connectivity index (χ0v) is 15.6. The molecule has 0 amide bonds. The van der Waals surface area contributed by atoms with Gasteiger partial charge in [0, 0.05) is 11.9 Å². The molecule has 1 aromatic carbocycles. The van der Waals surface area contributed by atoms with Crippen molar-refractivity contribution in [3.8, 4) is 11.3 Å². The second-order valence-electron chi connectivity index (χ2n) is 6.47. The molecule has 10 nitrogen and oxygen atoms in total. The number of hydrogen-bond acceptors (Lipinski definition) is 6. The predicted molar refractivity (Wildman–Crippen MR) is 98.6 cm³/mol. The summed E-state index contributed by atoms with van der Waals surface area (Å²) in [7, 11) is -4.50. The van der Waals surface area contributed by atoms with Gasteiger partial charge in [0.1, 0.15) is 18.3 Å². The molecule has 1 aromatic heterocycles. The minimum absolute atomic E-state index is 0.160. The van der Waals surface area contributed by atoms with Gasteiger partial charge in [0.2, 0.25) is 0 Å². The number of nitrogens with one attached hydrogen (secondary N) is 1. The zero-order chi connectivity index (χ0) is 20.6. The van der Waals surface area contributed by atoms with Crippen molar-refractivity contribution in [1.29, 1.82) is 0 Å². The van der Waals surface area contributed by atoms with Crippen LogP contribution in [0.3, 0.4) is 0 Å². The molecule has 4 atom stereocenters. The quantitative estimate of drug-likeness (QED) is 0.434. The summed E-state index contributed by atoms with van der Waals surface area (Å²) in [6, 6.07) is 8.12. The molecule has 0 aliphatic carbocycles. The number of ether oxygens (including phenoxy) is 1. The summed E-state index contributed by atoms with van der Waals surface area (Å²) in [5.74, 6) is 0.549. The van der Waals surface area contributed by atoms with Crippen molar-refractivity contribution in [1.82, 2.24) is 9.55 Å². The molecule has 2 aromatic rings. The van der Waals surface area contributed by atoms with Crippen LogP contribution >= 0.6 is 7.60 Å². The fourth-order valence-corrected chi connectivity index (χ4v) is 3.43. The summed E-state index contributed by atoms with van der Waals surface area (Å²) in [6.45, 7) is 1.83. The fourth-order valence-electron chi connectivity index (χ4n) is 3.04. The Bertz CT molecular complexity index is 1070. The molecule has 2 heterocycles. The molecule has 11 heteroatoms. The fraction of sp³-hybridized carbons (Fsp3) is 0.294. The van der Waals surface area contributed by atoms with Crippen molar-refractivity contribution in [3.63, 3.8) is 0 Å². The lowest BCUT2D eigenvalue weighted by Gasteiger charge is -2.21. The second-order valence-corrected chi connectivity index (χ2v) is 7.94. The Balaban J connectivity index is 2.09. The van der Waals surface area contributed by atoms with Gasteiger partial charge in [-0.3, -0.25) is 18.9 Å². The number of aromatic amines is 1. The number of hydrogen-bond donors (Lipinski definition) is 5. The Labute approximate surface area is 158 Å². The van der Waals surface area contributed by atoms with Crippen LogP contribution in [0.25, 0.3) is 11.3 Å². The lowest BCUT2D eigenvalue weighted by Crippen LogP contribution is -2.38. The molecule has 0 spiro atoms. The van der Waals surface area contributed by atoms with Gasteiger partial charge in [-0.2, -0.15) is 0 Å². The van der Waals surface area contributed by atoms with E-state index >= 15 is 0 Å². The van der Waals surface area contributed by atoms with Gasteiger partial charge in [0.25, 0.3) is 5.56 Å². The number of aromatic nitrogens is 2. The van der Waals surface area contributed by atoms with Crippen molar-refractivity contribution in [2.24, 2.45) is 0 Å². The monoisotopic (exact) mass is 410 g/mol. The van der Waals surface area contributed by atoms with Gasteiger partial charge >= 0.3 is 13.3 Å². The van der Waals surface area contributed by atoms with E-state index in [2.05, 4.69) is 4.98 Å². The van der Waals surface area contributed by atoms with Crippen LogP contribution in [0.5, 0.6) is 0 Å². The van der Waals surface area contributed by atoms with Crippen LogP contribution < -0.4 is 11.2 Å². The number of rotatable bonds is 4. The van der Waals surface area contributed by atoms with E-state index in [1.807, 2.05) is 13.0 Å². The van der Waals surface area contributed by atoms with Gasteiger partial charge < -0.3 is 24.7 Å². The van der Waals surface area contributed by atoms with Gasteiger partial charge in [0.05, 0.1) is 5.69 Å². The maximum Gasteiger partial charge on any atom is 0.348 e. The Hall–Kier alpha value is -2.33. The standard InChI is InChI=1S/C17H19N2O8P/c1-9-3-2-4-10(7-9)11-8-13(20)18-17(23)19(11)16-15(22)14(21)12(27-16)5-6-28(24,25)26/h2-8,12,14-16,21-22H,1H3,(H,18,20,23)(H2,24,25,26)/b6-5+/t12-,14-,15-,16-/m1/s1. The van der Waals surface area contributed by atoms with Gasteiger partial charge in [-0.15, -0.1) is 0 Å². The molecule has 1 fully saturated rings. The van der Waals surface area contributed by atoms with Crippen LogP contribution in [0.15, 0.2) is 51.8 Å². The van der Waals surface area contributed by atoms with Crippen molar-refractivity contribution in [2.75, 3.05) is 0 Å². The molecule has 1 aliphatic rings. The third-order valence-electron chi connectivity index (χ3n) is 4.29. The van der Waals surface area contributed by atoms with Gasteiger partial charge in [0.15, 0.2) is 6.23 Å². The van der Waals surface area contributed by atoms with E-state index < -0.39 is 43.4 Å². The van der Waals surface area contributed by atoms with E-state index in [1.165, 1.54) is 0 Å². The van der Waals surface area contributed by atoms with Gasteiger partial charge in [-0.1, -0.05) is 23.8 Å². The summed E-state index contributed by atoms with van der Waals surface area (Å²) in [4.78, 5) is 44.3. The summed E-state index contributed by atoms with van der Waals surface area (Å²) in [5, 5.41) is 20.5. The maximum absolute atomic E-state index is 12.5. The highest BCUT2D eigenvalue weighted by Gasteiger charge is 2.44. The topological polar surface area (TPSA) is 162 Å². The van der Waals surface area contributed by atoms with Crippen molar-refractivity contribution >= 4 is 7.60 Å². The van der Waals surface area contributed by atoms with Crippen LogP contribution in [0.1, 0.15) is 11.8 Å². The molecule has 0 radical (unpaired) electrons. The first-order valence-corrected chi connectivity index (χ1v) is 9.94. The van der Waals surface area contributed by atoms with E-state index in [1.54, 1.807) is 18.2 Å². The molecular formula is C17H19N2O8P. The highest BCUT2D eigenvalue weighted by atomic mass is 31.2. The van der Waals surface area contributed by atoms with E-state index in [0.717, 1.165) is 22.3 Å². The third kappa shape index (κ3) is 4.22. The first-order valence-electron chi connectivity index (χ1n) is 8.26. The highest BCUT2D eigenvalue weighted by Crippen LogP contribution is 2.38. The Morgan fingerprint density at radius 1 is 1.18 bits per heavy atom. The summed E-state index contributed by atoms with van der Waals surface area (Å²) < 4.78 is 17.5. The van der Waals surface area contributed by atoms with E-state index in [-0.39, 0.29) is 5.69 Å². The Kier molecular flexibility index (Phi) is 5.53. The molecule has 28 heavy (non-hydrogen) atoms. The average molecular weight is 410 g/mol.